The SMILES string of the molecule is C#CCNC(=O)C(C)Oc1ccc(S(N)(=O)=O)c(C)c1C. The molecule has 0 aliphatic heterocycles. The van der Waals surface area contributed by atoms with E-state index in [2.05, 4.69) is 11.2 Å². The molecule has 0 saturated carbocycles. The van der Waals surface area contributed by atoms with Crippen molar-refractivity contribution in [3.8, 4) is 18.1 Å². The lowest BCUT2D eigenvalue weighted by Crippen LogP contribution is -2.36. The van der Waals surface area contributed by atoms with Gasteiger partial charge in [0.15, 0.2) is 6.10 Å². The molecule has 0 aromatic heterocycles. The number of nitrogens with two attached hydrogens (primary N) is 1. The molecule has 3 N–H and O–H groups in total. The second-order valence-corrected chi connectivity index (χ2v) is 6.07. The number of nitrogens with one attached hydrogen (secondary N) is 1. The van der Waals surface area contributed by atoms with Crippen LogP contribution in [0.2, 0.25) is 0 Å². The van der Waals surface area contributed by atoms with Crippen LogP contribution in [0, 0.1) is 26.2 Å². The van der Waals surface area contributed by atoms with Gasteiger partial charge in [-0.1, -0.05) is 5.92 Å². The summed E-state index contributed by atoms with van der Waals surface area (Å²) in [5, 5.41) is 7.64. The molecule has 0 aliphatic rings. The number of amides is 1. The molecule has 21 heavy (non-hydrogen) atoms. The molecule has 0 radical (unpaired) electrons. The summed E-state index contributed by atoms with van der Waals surface area (Å²) in [6.07, 6.45) is 4.30. The average Bonchev–Trinajstić information content (AvgIpc) is 2.39. The van der Waals surface area contributed by atoms with Crippen molar-refractivity contribution in [1.82, 2.24) is 5.32 Å². The van der Waals surface area contributed by atoms with E-state index in [1.54, 1.807) is 20.8 Å². The second kappa shape index (κ2) is 6.61. The van der Waals surface area contributed by atoms with Crippen LogP contribution in [0.3, 0.4) is 0 Å². The molecule has 0 saturated heterocycles. The predicted molar refractivity (Wildman–Crippen MR) is 79.2 cm³/mol. The summed E-state index contributed by atoms with van der Waals surface area (Å²) in [6.45, 7) is 5.03. The Morgan fingerprint density at radius 1 is 1.43 bits per heavy atom. The fraction of sp³-hybridized carbons (Fsp3) is 0.357. The second-order valence-electron chi connectivity index (χ2n) is 4.54. The Morgan fingerprint density at radius 3 is 2.57 bits per heavy atom. The van der Waals surface area contributed by atoms with Gasteiger partial charge in [-0.3, -0.25) is 4.79 Å². The molecule has 1 atom stereocenters. The summed E-state index contributed by atoms with van der Waals surface area (Å²) in [7, 11) is -3.79. The molecule has 0 heterocycles. The zero-order chi connectivity index (χ0) is 16.2. The molecule has 7 heteroatoms. The molecule has 0 spiro atoms. The van der Waals surface area contributed by atoms with E-state index in [-0.39, 0.29) is 17.3 Å². The number of benzene rings is 1. The van der Waals surface area contributed by atoms with Gasteiger partial charge >= 0.3 is 0 Å². The number of sulfonamides is 1. The minimum atomic E-state index is -3.79. The normalized spacial score (nSPS) is 12.3. The summed E-state index contributed by atoms with van der Waals surface area (Å²) >= 11 is 0. The van der Waals surface area contributed by atoms with Gasteiger partial charge in [0, 0.05) is 0 Å². The number of hydrogen-bond acceptors (Lipinski definition) is 4. The molecular formula is C14H18N2O4S. The maximum absolute atomic E-state index is 11.7. The van der Waals surface area contributed by atoms with E-state index in [4.69, 9.17) is 16.3 Å². The van der Waals surface area contributed by atoms with Crippen molar-refractivity contribution in [3.05, 3.63) is 23.3 Å². The van der Waals surface area contributed by atoms with Crippen LogP contribution in [-0.4, -0.2) is 27.0 Å². The molecule has 0 bridgehead atoms. The van der Waals surface area contributed by atoms with Crippen molar-refractivity contribution in [2.75, 3.05) is 6.54 Å². The molecule has 6 nitrogen and oxygen atoms in total. The van der Waals surface area contributed by atoms with Crippen LogP contribution in [-0.2, 0) is 14.8 Å². The zero-order valence-electron chi connectivity index (χ0n) is 12.1. The number of ether oxygens (including phenoxy) is 1. The first-order valence-corrected chi connectivity index (χ1v) is 7.74. The third-order valence-corrected chi connectivity index (χ3v) is 4.09. The van der Waals surface area contributed by atoms with Crippen LogP contribution >= 0.6 is 0 Å². The summed E-state index contributed by atoms with van der Waals surface area (Å²) in [4.78, 5) is 11.7. The molecule has 1 rings (SSSR count). The number of carbonyl (C=O) groups is 1. The van der Waals surface area contributed by atoms with Crippen molar-refractivity contribution in [2.24, 2.45) is 5.14 Å². The quantitative estimate of drug-likeness (QED) is 0.772. The van der Waals surface area contributed by atoms with Crippen molar-refractivity contribution in [1.29, 1.82) is 0 Å². The molecule has 114 valence electrons. The monoisotopic (exact) mass is 310 g/mol. The fourth-order valence-electron chi connectivity index (χ4n) is 1.73. The lowest BCUT2D eigenvalue weighted by Gasteiger charge is -2.17. The van der Waals surface area contributed by atoms with E-state index in [0.717, 1.165) is 0 Å². The first kappa shape index (κ1) is 17.0. The van der Waals surface area contributed by atoms with Crippen molar-refractivity contribution < 1.29 is 17.9 Å². The first-order chi connectivity index (χ1) is 9.68. The number of terminal acetylenes is 1. The summed E-state index contributed by atoms with van der Waals surface area (Å²) < 4.78 is 28.4. The number of rotatable bonds is 5. The van der Waals surface area contributed by atoms with Crippen molar-refractivity contribution >= 4 is 15.9 Å². The smallest absolute Gasteiger partial charge is 0.261 e. The summed E-state index contributed by atoms with van der Waals surface area (Å²) in [5.74, 6) is 2.37. The maximum atomic E-state index is 11.7. The zero-order valence-corrected chi connectivity index (χ0v) is 13.0. The molecule has 1 amide bonds. The van der Waals surface area contributed by atoms with Gasteiger partial charge in [0.2, 0.25) is 10.0 Å². The van der Waals surface area contributed by atoms with E-state index in [9.17, 15) is 13.2 Å². The van der Waals surface area contributed by atoms with Gasteiger partial charge in [-0.15, -0.1) is 6.42 Å². The van der Waals surface area contributed by atoms with Gasteiger partial charge < -0.3 is 10.1 Å². The highest BCUT2D eigenvalue weighted by Crippen LogP contribution is 2.27. The van der Waals surface area contributed by atoms with Gasteiger partial charge in [-0.05, 0) is 44.0 Å². The highest BCUT2D eigenvalue weighted by molar-refractivity contribution is 7.89. The highest BCUT2D eigenvalue weighted by atomic mass is 32.2. The van der Waals surface area contributed by atoms with Gasteiger partial charge in [-0.2, -0.15) is 0 Å². The summed E-state index contributed by atoms with van der Waals surface area (Å²) in [5.41, 5.74) is 1.10. The number of hydrogen-bond donors (Lipinski definition) is 2. The molecule has 1 aromatic carbocycles. The van der Waals surface area contributed by atoms with Gasteiger partial charge in [-0.25, -0.2) is 13.6 Å². The van der Waals surface area contributed by atoms with Crippen LogP contribution in [0.25, 0.3) is 0 Å². The molecular weight excluding hydrogens is 292 g/mol. The Kier molecular flexibility index (Phi) is 5.35. The van der Waals surface area contributed by atoms with Crippen molar-refractivity contribution in [2.45, 2.75) is 31.8 Å². The van der Waals surface area contributed by atoms with Crippen LogP contribution in [0.15, 0.2) is 17.0 Å². The largest absolute Gasteiger partial charge is 0.481 e. The Hall–Kier alpha value is -2.04. The van der Waals surface area contributed by atoms with E-state index in [0.29, 0.717) is 16.9 Å². The molecule has 0 fully saturated rings. The minimum Gasteiger partial charge on any atom is -0.481 e. The Morgan fingerprint density at radius 2 is 2.05 bits per heavy atom. The Labute approximate surface area is 124 Å². The molecule has 0 aliphatic carbocycles. The Bertz CT molecular complexity index is 690. The van der Waals surface area contributed by atoms with Gasteiger partial charge in [0.05, 0.1) is 11.4 Å². The standard InChI is InChI=1S/C14H18N2O4S/c1-5-8-16-14(17)11(4)20-12-6-7-13(21(15,18)19)10(3)9(12)2/h1,6-7,11H,8H2,2-4H3,(H,16,17)(H2,15,18,19). The lowest BCUT2D eigenvalue weighted by molar-refractivity contribution is -0.127. The van der Waals surface area contributed by atoms with Crippen LogP contribution in [0.5, 0.6) is 5.75 Å². The van der Waals surface area contributed by atoms with Crippen molar-refractivity contribution in [3.63, 3.8) is 0 Å². The van der Waals surface area contributed by atoms with E-state index >= 15 is 0 Å². The number of primary sulfonamides is 1. The van der Waals surface area contributed by atoms with E-state index in [1.807, 2.05) is 0 Å². The lowest BCUT2D eigenvalue weighted by atomic mass is 10.1. The third-order valence-electron chi connectivity index (χ3n) is 3.03. The van der Waals surface area contributed by atoms with Crippen LogP contribution < -0.4 is 15.2 Å². The van der Waals surface area contributed by atoms with Crippen LogP contribution in [0.4, 0.5) is 0 Å². The number of carbonyl (C=O) groups excluding carboxylic acids is 1. The fourth-order valence-corrected chi connectivity index (χ4v) is 2.57. The highest BCUT2D eigenvalue weighted by Gasteiger charge is 2.19. The van der Waals surface area contributed by atoms with E-state index < -0.39 is 16.1 Å². The van der Waals surface area contributed by atoms with E-state index in [1.165, 1.54) is 12.1 Å². The van der Waals surface area contributed by atoms with Gasteiger partial charge in [0.1, 0.15) is 5.75 Å². The minimum absolute atomic E-state index is 0.0387. The third kappa shape index (κ3) is 4.21. The Balaban J connectivity index is 2.99. The van der Waals surface area contributed by atoms with Crippen LogP contribution in [0.1, 0.15) is 18.1 Å². The topological polar surface area (TPSA) is 98.5 Å². The maximum Gasteiger partial charge on any atom is 0.261 e. The molecule has 1 aromatic rings. The predicted octanol–water partition coefficient (Wildman–Crippen LogP) is 0.468. The first-order valence-electron chi connectivity index (χ1n) is 6.19. The van der Waals surface area contributed by atoms with Gasteiger partial charge in [0.25, 0.3) is 5.91 Å². The molecule has 1 unspecified atom stereocenters. The summed E-state index contributed by atoms with van der Waals surface area (Å²) in [6, 6.07) is 2.84. The average molecular weight is 310 g/mol.